The number of nitrogens with zero attached hydrogens (tertiary/aromatic N) is 3. The van der Waals surface area contributed by atoms with Gasteiger partial charge in [-0.05, 0) is 38.0 Å². The van der Waals surface area contributed by atoms with Crippen LogP contribution in [-0.2, 0) is 11.2 Å². The molecule has 0 radical (unpaired) electrons. The van der Waals surface area contributed by atoms with Gasteiger partial charge >= 0.3 is 0 Å². The van der Waals surface area contributed by atoms with E-state index in [1.807, 2.05) is 0 Å². The Morgan fingerprint density at radius 3 is 3.00 bits per heavy atom. The first-order chi connectivity index (χ1) is 10.8. The Kier molecular flexibility index (Phi) is 5.39. The fourth-order valence-electron chi connectivity index (χ4n) is 3.83. The topological polar surface area (TPSA) is 61.9 Å². The van der Waals surface area contributed by atoms with Gasteiger partial charge < -0.3 is 4.90 Å². The molecular formula is C16H26N4OS. The van der Waals surface area contributed by atoms with Crippen molar-refractivity contribution in [3.8, 4) is 0 Å². The Labute approximate surface area is 136 Å². The zero-order valence-corrected chi connectivity index (χ0v) is 14.2. The second kappa shape index (κ2) is 7.49. The summed E-state index contributed by atoms with van der Waals surface area (Å²) in [6.07, 6.45) is 9.56. The molecule has 2 aliphatic rings. The molecule has 1 aliphatic carbocycles. The number of H-pyrrole nitrogens is 1. The lowest BCUT2D eigenvalue weighted by atomic mass is 9.78. The van der Waals surface area contributed by atoms with E-state index in [0.29, 0.717) is 17.0 Å². The summed E-state index contributed by atoms with van der Waals surface area (Å²) in [6, 6.07) is 0.499. The van der Waals surface area contributed by atoms with Gasteiger partial charge in [0.1, 0.15) is 5.82 Å². The summed E-state index contributed by atoms with van der Waals surface area (Å²) in [7, 11) is 0. The third kappa shape index (κ3) is 3.65. The van der Waals surface area contributed by atoms with Gasteiger partial charge in [0, 0.05) is 19.0 Å². The van der Waals surface area contributed by atoms with Gasteiger partial charge in [-0.2, -0.15) is 0 Å². The van der Waals surface area contributed by atoms with E-state index in [4.69, 9.17) is 0 Å². The highest BCUT2D eigenvalue weighted by molar-refractivity contribution is 7.99. The molecular weight excluding hydrogens is 296 g/mol. The van der Waals surface area contributed by atoms with Crippen molar-refractivity contribution in [1.29, 1.82) is 0 Å². The number of carbonyl (C=O) groups excluding carboxylic acids is 1. The van der Waals surface area contributed by atoms with Crippen molar-refractivity contribution in [3.05, 3.63) is 5.82 Å². The highest BCUT2D eigenvalue weighted by Crippen LogP contribution is 2.35. The molecule has 2 atom stereocenters. The number of hydrogen-bond donors (Lipinski definition) is 1. The lowest BCUT2D eigenvalue weighted by Gasteiger charge is -2.44. The maximum atomic E-state index is 12.6. The average molecular weight is 322 g/mol. The molecule has 3 rings (SSSR count). The van der Waals surface area contributed by atoms with Gasteiger partial charge in [0.15, 0.2) is 0 Å². The molecule has 0 bridgehead atoms. The minimum atomic E-state index is 0.267. The van der Waals surface area contributed by atoms with Gasteiger partial charge in [0.25, 0.3) is 0 Å². The van der Waals surface area contributed by atoms with Gasteiger partial charge in [-0.1, -0.05) is 31.5 Å². The molecule has 1 saturated carbocycles. The minimum absolute atomic E-state index is 0.267. The molecule has 1 N–H and O–H groups in total. The summed E-state index contributed by atoms with van der Waals surface area (Å²) in [5.74, 6) is 2.40. The summed E-state index contributed by atoms with van der Waals surface area (Å²) in [5, 5.41) is 7.84. The summed E-state index contributed by atoms with van der Waals surface area (Å²) in [5.41, 5.74) is 0. The van der Waals surface area contributed by atoms with Crippen molar-refractivity contribution in [1.82, 2.24) is 20.1 Å². The maximum absolute atomic E-state index is 12.6. The zero-order chi connectivity index (χ0) is 15.4. The monoisotopic (exact) mass is 322 g/mol. The van der Waals surface area contributed by atoms with Crippen LogP contribution >= 0.6 is 11.8 Å². The molecule has 1 aromatic heterocycles. The molecule has 1 amide bonds. The first kappa shape index (κ1) is 15.8. The molecule has 0 aromatic carbocycles. The van der Waals surface area contributed by atoms with Gasteiger partial charge in [-0.25, -0.2) is 4.98 Å². The fraction of sp³-hybridized carbons (Fsp3) is 0.812. The fourth-order valence-corrected chi connectivity index (χ4v) is 4.54. The first-order valence-corrected chi connectivity index (χ1v) is 9.60. The Hall–Kier alpha value is -1.04. The number of carbonyl (C=O) groups is 1. The van der Waals surface area contributed by atoms with Crippen molar-refractivity contribution in [3.63, 3.8) is 0 Å². The van der Waals surface area contributed by atoms with E-state index in [9.17, 15) is 4.79 Å². The van der Waals surface area contributed by atoms with E-state index >= 15 is 0 Å². The number of nitrogens with one attached hydrogen (secondary N) is 1. The number of aryl methyl sites for hydroxylation is 1. The molecule has 6 heteroatoms. The lowest BCUT2D eigenvalue weighted by molar-refractivity contribution is -0.134. The Balaban J connectivity index is 1.54. The molecule has 5 nitrogen and oxygen atoms in total. The molecule has 122 valence electrons. The lowest BCUT2D eigenvalue weighted by Crippen LogP contribution is -2.50. The highest BCUT2D eigenvalue weighted by atomic mass is 32.2. The molecule has 22 heavy (non-hydrogen) atoms. The van der Waals surface area contributed by atoms with Gasteiger partial charge in [-0.15, -0.1) is 5.10 Å². The van der Waals surface area contributed by atoms with Gasteiger partial charge in [-0.3, -0.25) is 9.89 Å². The molecule has 0 unspecified atom stereocenters. The molecule has 0 spiro atoms. The van der Waals surface area contributed by atoms with Crippen molar-refractivity contribution in [2.45, 2.75) is 69.5 Å². The third-order valence-electron chi connectivity index (χ3n) is 4.89. The second-order valence-electron chi connectivity index (χ2n) is 6.44. The van der Waals surface area contributed by atoms with Crippen molar-refractivity contribution in [2.75, 3.05) is 12.3 Å². The highest BCUT2D eigenvalue weighted by Gasteiger charge is 2.35. The van der Waals surface area contributed by atoms with E-state index in [-0.39, 0.29) is 5.91 Å². The zero-order valence-electron chi connectivity index (χ0n) is 13.4. The maximum Gasteiger partial charge on any atom is 0.233 e. The van der Waals surface area contributed by atoms with Crippen molar-refractivity contribution in [2.24, 2.45) is 5.92 Å². The van der Waals surface area contributed by atoms with Gasteiger partial charge in [0.05, 0.1) is 5.75 Å². The quantitative estimate of drug-likeness (QED) is 0.847. The van der Waals surface area contributed by atoms with Crippen LogP contribution in [0.2, 0.25) is 0 Å². The number of aromatic amines is 1. The number of rotatable bonds is 5. The Morgan fingerprint density at radius 1 is 1.32 bits per heavy atom. The average Bonchev–Trinajstić information content (AvgIpc) is 3.00. The molecule has 1 saturated heterocycles. The summed E-state index contributed by atoms with van der Waals surface area (Å²) in [6.45, 7) is 3.06. The summed E-state index contributed by atoms with van der Waals surface area (Å²) in [4.78, 5) is 19.2. The van der Waals surface area contributed by atoms with Crippen LogP contribution in [0.4, 0.5) is 0 Å². The number of amides is 1. The number of hydrogen-bond acceptors (Lipinski definition) is 4. The number of piperidine rings is 1. The van der Waals surface area contributed by atoms with E-state index in [2.05, 4.69) is 27.0 Å². The molecule has 2 heterocycles. The largest absolute Gasteiger partial charge is 0.339 e. The standard InChI is InChI=1S/C16H26N4OS/c1-2-6-14-17-16(19-18-14)22-11-15(21)20-10-5-8-12-7-3-4-9-13(12)20/h12-13H,2-11H2,1H3,(H,17,18,19)/t12-,13-/m0/s1. The van der Waals surface area contributed by atoms with Crippen molar-refractivity contribution >= 4 is 17.7 Å². The predicted octanol–water partition coefficient (Wildman–Crippen LogP) is 3.03. The van der Waals surface area contributed by atoms with Gasteiger partial charge in [0.2, 0.25) is 11.1 Å². The smallest absolute Gasteiger partial charge is 0.233 e. The minimum Gasteiger partial charge on any atom is -0.339 e. The van der Waals surface area contributed by atoms with Crippen LogP contribution in [0.25, 0.3) is 0 Å². The van der Waals surface area contributed by atoms with Crippen LogP contribution in [0, 0.1) is 5.92 Å². The molecule has 2 fully saturated rings. The second-order valence-corrected chi connectivity index (χ2v) is 7.39. The SMILES string of the molecule is CCCc1nc(SCC(=O)N2CCC[C@@H]3CCCC[C@@H]32)n[nH]1. The Bertz CT molecular complexity index is 502. The number of thioether (sulfide) groups is 1. The van der Waals surface area contributed by atoms with Crippen LogP contribution in [-0.4, -0.2) is 44.3 Å². The predicted molar refractivity (Wildman–Crippen MR) is 87.8 cm³/mol. The first-order valence-electron chi connectivity index (χ1n) is 8.61. The van der Waals surface area contributed by atoms with Crippen molar-refractivity contribution < 1.29 is 4.79 Å². The summed E-state index contributed by atoms with van der Waals surface area (Å²) >= 11 is 1.46. The van der Waals surface area contributed by atoms with Crippen LogP contribution in [0.1, 0.15) is 57.7 Å². The molecule has 1 aromatic rings. The van der Waals surface area contributed by atoms with Crippen LogP contribution in [0.3, 0.4) is 0 Å². The van der Waals surface area contributed by atoms with E-state index in [1.165, 1.54) is 50.3 Å². The normalized spacial score (nSPS) is 25.0. The third-order valence-corrected chi connectivity index (χ3v) is 5.72. The number of fused-ring (bicyclic) bond motifs is 1. The number of likely N-dealkylation sites (tertiary alicyclic amines) is 1. The van der Waals surface area contributed by atoms with Crippen LogP contribution < -0.4 is 0 Å². The van der Waals surface area contributed by atoms with Crippen LogP contribution in [0.15, 0.2) is 5.16 Å². The van der Waals surface area contributed by atoms with E-state index in [0.717, 1.165) is 31.1 Å². The summed E-state index contributed by atoms with van der Waals surface area (Å²) < 4.78 is 0. The Morgan fingerprint density at radius 2 is 2.14 bits per heavy atom. The van der Waals surface area contributed by atoms with E-state index < -0.39 is 0 Å². The van der Waals surface area contributed by atoms with Crippen LogP contribution in [0.5, 0.6) is 0 Å². The molecule has 1 aliphatic heterocycles. The number of aromatic nitrogens is 3. The van der Waals surface area contributed by atoms with E-state index in [1.54, 1.807) is 0 Å².